The molecule has 35 heavy (non-hydrogen) atoms. The van der Waals surface area contributed by atoms with Crippen molar-refractivity contribution in [2.24, 2.45) is 5.92 Å². The predicted octanol–water partition coefficient (Wildman–Crippen LogP) is 6.29. The topological polar surface area (TPSA) is 43.8 Å². The largest absolute Gasteiger partial charge is 0.497 e. The fraction of sp³-hybridized carbons (Fsp3) is 0.300. The lowest BCUT2D eigenvalue weighted by Crippen LogP contribution is -2.34. The Labute approximate surface area is 207 Å². The zero-order chi connectivity index (χ0) is 24.0. The molecule has 1 aliphatic heterocycles. The fourth-order valence-corrected chi connectivity index (χ4v) is 4.83. The molecule has 5 rings (SSSR count). The predicted molar refractivity (Wildman–Crippen MR) is 141 cm³/mol. The van der Waals surface area contributed by atoms with Gasteiger partial charge in [0.05, 0.1) is 14.2 Å². The molecule has 0 amide bonds. The van der Waals surface area contributed by atoms with Gasteiger partial charge in [0.15, 0.2) is 0 Å². The summed E-state index contributed by atoms with van der Waals surface area (Å²) in [6, 6.07) is 27.0. The molecule has 2 heterocycles. The van der Waals surface area contributed by atoms with Gasteiger partial charge in [-0.25, -0.2) is 4.98 Å². The number of ether oxygens (including phenoxy) is 3. The second-order valence-corrected chi connectivity index (χ2v) is 9.13. The maximum Gasteiger partial charge on any atom is 0.146 e. The van der Waals surface area contributed by atoms with Crippen molar-refractivity contribution in [1.29, 1.82) is 0 Å². The summed E-state index contributed by atoms with van der Waals surface area (Å²) in [5.41, 5.74) is 3.31. The van der Waals surface area contributed by atoms with Gasteiger partial charge in [0.2, 0.25) is 0 Å². The fourth-order valence-electron chi connectivity index (χ4n) is 4.83. The van der Waals surface area contributed by atoms with Gasteiger partial charge in [-0.1, -0.05) is 42.5 Å². The number of benzene rings is 3. The van der Waals surface area contributed by atoms with E-state index in [1.54, 1.807) is 14.2 Å². The summed E-state index contributed by atoms with van der Waals surface area (Å²) in [4.78, 5) is 7.45. The maximum atomic E-state index is 6.24. The smallest absolute Gasteiger partial charge is 0.146 e. The van der Waals surface area contributed by atoms with Gasteiger partial charge in [0.25, 0.3) is 0 Å². The molecule has 0 aliphatic carbocycles. The Hall–Kier alpha value is -3.73. The minimum Gasteiger partial charge on any atom is -0.497 e. The first-order valence-electron chi connectivity index (χ1n) is 12.3. The zero-order valence-electron chi connectivity index (χ0n) is 20.4. The highest BCUT2D eigenvalue weighted by Gasteiger charge is 2.21. The summed E-state index contributed by atoms with van der Waals surface area (Å²) in [7, 11) is 3.31. The van der Waals surface area contributed by atoms with Crippen LogP contribution in [0.25, 0.3) is 10.9 Å². The number of hydrogen-bond acceptors (Lipinski definition) is 5. The van der Waals surface area contributed by atoms with Crippen molar-refractivity contribution in [2.75, 3.05) is 32.2 Å². The van der Waals surface area contributed by atoms with Crippen LogP contribution in [0, 0.1) is 5.92 Å². The van der Waals surface area contributed by atoms with Crippen LogP contribution < -0.4 is 19.1 Å². The van der Waals surface area contributed by atoms with Crippen molar-refractivity contribution in [2.45, 2.75) is 25.9 Å². The number of nitrogens with zero attached hydrogens (tertiary/aromatic N) is 2. The molecule has 1 saturated heterocycles. The third-order valence-electron chi connectivity index (χ3n) is 6.78. The molecule has 5 heteroatoms. The quantitative estimate of drug-likeness (QED) is 0.304. The summed E-state index contributed by atoms with van der Waals surface area (Å²) in [6.45, 7) is 2.47. The van der Waals surface area contributed by atoms with Gasteiger partial charge in [-0.05, 0) is 66.6 Å². The Morgan fingerprint density at radius 1 is 0.800 bits per heavy atom. The Balaban J connectivity index is 1.29. The van der Waals surface area contributed by atoms with Gasteiger partial charge < -0.3 is 19.1 Å². The SMILES string of the molecule is COc1cc(COc2cccc3ccc(N4CCC(Cc5ccccc5)CC4)nc23)cc(OC)c1. The first-order valence-corrected chi connectivity index (χ1v) is 12.3. The van der Waals surface area contributed by atoms with Gasteiger partial charge in [0.1, 0.15) is 35.2 Å². The lowest BCUT2D eigenvalue weighted by Gasteiger charge is -2.33. The summed E-state index contributed by atoms with van der Waals surface area (Å²) >= 11 is 0. The molecular formula is C30H32N2O3. The van der Waals surface area contributed by atoms with E-state index >= 15 is 0 Å². The third kappa shape index (κ3) is 5.51. The van der Waals surface area contributed by atoms with Crippen molar-refractivity contribution in [3.8, 4) is 17.2 Å². The van der Waals surface area contributed by atoms with Crippen LogP contribution in [-0.2, 0) is 13.0 Å². The molecule has 0 radical (unpaired) electrons. The van der Waals surface area contributed by atoms with Crippen LogP contribution in [0.2, 0.25) is 0 Å². The molecule has 1 aromatic heterocycles. The summed E-state index contributed by atoms with van der Waals surface area (Å²) in [5.74, 6) is 4.03. The van der Waals surface area contributed by atoms with Gasteiger partial charge in [0, 0.05) is 24.5 Å². The van der Waals surface area contributed by atoms with Crippen LogP contribution >= 0.6 is 0 Å². The van der Waals surface area contributed by atoms with Gasteiger partial charge in [-0.15, -0.1) is 0 Å². The number of aromatic nitrogens is 1. The summed E-state index contributed by atoms with van der Waals surface area (Å²) in [5, 5.41) is 1.08. The van der Waals surface area contributed by atoms with E-state index in [1.165, 1.54) is 18.4 Å². The van der Waals surface area contributed by atoms with Gasteiger partial charge >= 0.3 is 0 Å². The Morgan fingerprint density at radius 2 is 1.54 bits per heavy atom. The van der Waals surface area contributed by atoms with E-state index in [9.17, 15) is 0 Å². The average Bonchev–Trinajstić information content (AvgIpc) is 2.92. The van der Waals surface area contributed by atoms with Crippen LogP contribution in [0.15, 0.2) is 78.9 Å². The molecule has 0 bridgehead atoms. The minimum absolute atomic E-state index is 0.406. The first kappa shape index (κ1) is 23.0. The lowest BCUT2D eigenvalue weighted by atomic mass is 9.90. The molecular weight excluding hydrogens is 436 g/mol. The molecule has 1 aliphatic rings. The van der Waals surface area contributed by atoms with Gasteiger partial charge in [-0.3, -0.25) is 0 Å². The highest BCUT2D eigenvalue weighted by atomic mass is 16.5. The van der Waals surface area contributed by atoms with E-state index in [0.717, 1.165) is 65.0 Å². The average molecular weight is 469 g/mol. The molecule has 0 spiro atoms. The summed E-state index contributed by atoms with van der Waals surface area (Å²) in [6.07, 6.45) is 3.53. The molecule has 0 saturated carbocycles. The molecule has 3 aromatic carbocycles. The van der Waals surface area contributed by atoms with E-state index in [2.05, 4.69) is 53.4 Å². The number of fused-ring (bicyclic) bond motifs is 1. The maximum absolute atomic E-state index is 6.24. The highest BCUT2D eigenvalue weighted by Crippen LogP contribution is 2.30. The van der Waals surface area contributed by atoms with E-state index in [1.807, 2.05) is 30.3 Å². The van der Waals surface area contributed by atoms with Crippen molar-refractivity contribution < 1.29 is 14.2 Å². The minimum atomic E-state index is 0.406. The summed E-state index contributed by atoms with van der Waals surface area (Å²) < 4.78 is 17.0. The normalized spacial score (nSPS) is 14.2. The van der Waals surface area contributed by atoms with E-state index in [0.29, 0.717) is 6.61 Å². The Kier molecular flexibility index (Phi) is 7.03. The van der Waals surface area contributed by atoms with Crippen molar-refractivity contribution >= 4 is 16.7 Å². The van der Waals surface area contributed by atoms with E-state index < -0.39 is 0 Å². The monoisotopic (exact) mass is 468 g/mol. The highest BCUT2D eigenvalue weighted by molar-refractivity contribution is 5.86. The number of pyridine rings is 1. The number of rotatable bonds is 8. The molecule has 4 aromatic rings. The molecule has 0 N–H and O–H groups in total. The zero-order valence-corrected chi connectivity index (χ0v) is 20.4. The van der Waals surface area contributed by atoms with E-state index in [4.69, 9.17) is 19.2 Å². The van der Waals surface area contributed by atoms with Crippen LogP contribution in [0.1, 0.15) is 24.0 Å². The van der Waals surface area contributed by atoms with Crippen molar-refractivity contribution in [3.05, 3.63) is 90.0 Å². The van der Waals surface area contributed by atoms with Crippen molar-refractivity contribution in [3.63, 3.8) is 0 Å². The second-order valence-electron chi connectivity index (χ2n) is 9.13. The molecule has 0 atom stereocenters. The van der Waals surface area contributed by atoms with Crippen LogP contribution in [0.3, 0.4) is 0 Å². The third-order valence-corrected chi connectivity index (χ3v) is 6.78. The Morgan fingerprint density at radius 3 is 2.26 bits per heavy atom. The van der Waals surface area contributed by atoms with Crippen LogP contribution in [0.5, 0.6) is 17.2 Å². The Bertz CT molecular complexity index is 1250. The van der Waals surface area contributed by atoms with Crippen molar-refractivity contribution in [1.82, 2.24) is 4.98 Å². The molecule has 180 valence electrons. The standard InChI is InChI=1S/C30H32N2O3/c1-33-26-18-24(19-27(20-26)34-2)21-35-28-10-6-9-25-11-12-29(31-30(25)28)32-15-13-23(14-16-32)17-22-7-4-3-5-8-22/h3-12,18-20,23H,13-17,21H2,1-2H3. The van der Waals surface area contributed by atoms with Crippen LogP contribution in [-0.4, -0.2) is 32.3 Å². The van der Waals surface area contributed by atoms with E-state index in [-0.39, 0.29) is 0 Å². The lowest BCUT2D eigenvalue weighted by molar-refractivity contribution is 0.307. The first-order chi connectivity index (χ1) is 17.2. The van der Waals surface area contributed by atoms with Crippen LogP contribution in [0.4, 0.5) is 5.82 Å². The molecule has 0 unspecified atom stereocenters. The van der Waals surface area contributed by atoms with Gasteiger partial charge in [-0.2, -0.15) is 0 Å². The number of para-hydroxylation sites is 1. The number of methoxy groups -OCH3 is 2. The second kappa shape index (κ2) is 10.7. The number of piperidine rings is 1. The molecule has 5 nitrogen and oxygen atoms in total. The molecule has 1 fully saturated rings. The number of hydrogen-bond donors (Lipinski definition) is 0. The number of anilines is 1.